The number of hydrogen-bond acceptors (Lipinski definition) is 3. The maximum absolute atomic E-state index is 5.19. The van der Waals surface area contributed by atoms with Gasteiger partial charge in [0.2, 0.25) is 0 Å². The van der Waals surface area contributed by atoms with Crippen molar-refractivity contribution < 1.29 is 4.42 Å². The van der Waals surface area contributed by atoms with Crippen molar-refractivity contribution in [2.45, 2.75) is 6.92 Å². The molecule has 1 aromatic heterocycles. The largest absolute Gasteiger partial charge is 0.460 e. The molecule has 5 heteroatoms. The van der Waals surface area contributed by atoms with Gasteiger partial charge in [0, 0.05) is 0 Å². The summed E-state index contributed by atoms with van der Waals surface area (Å²) in [6, 6.07) is 3.65. The predicted molar refractivity (Wildman–Crippen MR) is 51.0 cm³/mol. The van der Waals surface area contributed by atoms with E-state index < -0.39 is 0 Å². The molecule has 0 unspecified atom stereocenters. The molecule has 1 rings (SSSR count). The number of rotatable bonds is 2. The summed E-state index contributed by atoms with van der Waals surface area (Å²) in [6.07, 6.45) is 1.51. The van der Waals surface area contributed by atoms with Crippen molar-refractivity contribution in [1.82, 2.24) is 5.43 Å². The zero-order valence-corrected chi connectivity index (χ0v) is 7.39. The second kappa shape index (κ2) is 3.87. The lowest BCUT2D eigenvalue weighted by Crippen LogP contribution is -2.23. The number of hydrazone groups is 1. The Balaban J connectivity index is 2.52. The Morgan fingerprint density at radius 2 is 2.50 bits per heavy atom. The maximum atomic E-state index is 5.19. The molecule has 0 saturated heterocycles. The van der Waals surface area contributed by atoms with Gasteiger partial charge >= 0.3 is 0 Å². The summed E-state index contributed by atoms with van der Waals surface area (Å²) in [5, 5.41) is 3.85. The van der Waals surface area contributed by atoms with E-state index in [1.165, 1.54) is 6.21 Å². The molecule has 0 atom stereocenters. The zero-order chi connectivity index (χ0) is 8.97. The summed E-state index contributed by atoms with van der Waals surface area (Å²) < 4.78 is 5.19. The van der Waals surface area contributed by atoms with Crippen molar-refractivity contribution in [3.8, 4) is 0 Å². The maximum Gasteiger partial charge on any atom is 0.184 e. The average molecular weight is 183 g/mol. The van der Waals surface area contributed by atoms with Crippen LogP contribution in [0.2, 0.25) is 0 Å². The third-order valence-electron chi connectivity index (χ3n) is 1.13. The molecule has 0 aliphatic rings. The van der Waals surface area contributed by atoms with Crippen molar-refractivity contribution in [1.29, 1.82) is 0 Å². The summed E-state index contributed by atoms with van der Waals surface area (Å²) in [6.45, 7) is 1.86. The molecule has 0 aliphatic carbocycles. The van der Waals surface area contributed by atoms with E-state index in [1.54, 1.807) is 6.07 Å². The summed E-state index contributed by atoms with van der Waals surface area (Å²) in [5.41, 5.74) is 7.56. The molecule has 0 aromatic carbocycles. The van der Waals surface area contributed by atoms with Gasteiger partial charge in [-0.05, 0) is 31.3 Å². The number of nitrogens with one attached hydrogen (secondary N) is 1. The van der Waals surface area contributed by atoms with Crippen molar-refractivity contribution in [3.05, 3.63) is 23.7 Å². The van der Waals surface area contributed by atoms with Crippen molar-refractivity contribution >= 4 is 23.5 Å². The molecule has 0 saturated carbocycles. The van der Waals surface area contributed by atoms with Crippen LogP contribution in [-0.2, 0) is 0 Å². The van der Waals surface area contributed by atoms with E-state index in [0.717, 1.165) is 5.76 Å². The number of aryl methyl sites for hydroxylation is 1. The van der Waals surface area contributed by atoms with Gasteiger partial charge in [-0.2, -0.15) is 5.10 Å². The van der Waals surface area contributed by atoms with Gasteiger partial charge in [0.1, 0.15) is 11.5 Å². The minimum atomic E-state index is 0.134. The highest BCUT2D eigenvalue weighted by Crippen LogP contribution is 2.02. The lowest BCUT2D eigenvalue weighted by Gasteiger charge is -1.91. The molecule has 1 heterocycles. The number of nitrogens with two attached hydrogens (primary N) is 1. The Kier molecular flexibility index (Phi) is 2.82. The third-order valence-corrected chi connectivity index (χ3v) is 1.22. The van der Waals surface area contributed by atoms with Crippen LogP contribution in [0.4, 0.5) is 0 Å². The molecule has 0 aliphatic heterocycles. The molecule has 0 fully saturated rings. The lowest BCUT2D eigenvalue weighted by atomic mass is 10.4. The van der Waals surface area contributed by atoms with Gasteiger partial charge in [-0.1, -0.05) is 0 Å². The molecule has 0 radical (unpaired) electrons. The summed E-state index contributed by atoms with van der Waals surface area (Å²) in [4.78, 5) is 0. The second-order valence-corrected chi connectivity index (χ2v) is 2.62. The fraction of sp³-hybridized carbons (Fsp3) is 0.143. The van der Waals surface area contributed by atoms with Crippen molar-refractivity contribution in [3.63, 3.8) is 0 Å². The predicted octanol–water partition coefficient (Wildman–Crippen LogP) is 0.755. The Labute approximate surface area is 75.4 Å². The topological polar surface area (TPSA) is 63.5 Å². The van der Waals surface area contributed by atoms with Gasteiger partial charge in [-0.15, -0.1) is 0 Å². The van der Waals surface area contributed by atoms with Gasteiger partial charge < -0.3 is 10.2 Å². The molecule has 64 valence electrons. The fourth-order valence-corrected chi connectivity index (χ4v) is 0.735. The highest BCUT2D eigenvalue weighted by molar-refractivity contribution is 7.80. The molecular weight excluding hydrogens is 174 g/mol. The molecular formula is C7H9N3OS. The standard InChI is InChI=1S/C7H9N3OS/c1-5-2-3-6(11-5)4-9-10-7(8)12/h2-4H,1H3,(H3,8,10,12). The highest BCUT2D eigenvalue weighted by atomic mass is 32.1. The van der Waals surface area contributed by atoms with E-state index in [1.807, 2.05) is 13.0 Å². The van der Waals surface area contributed by atoms with E-state index in [0.29, 0.717) is 5.76 Å². The first-order valence-corrected chi connectivity index (χ1v) is 3.74. The van der Waals surface area contributed by atoms with Crippen LogP contribution in [0, 0.1) is 6.92 Å². The Morgan fingerprint density at radius 3 is 3.00 bits per heavy atom. The van der Waals surface area contributed by atoms with Crippen LogP contribution >= 0.6 is 12.2 Å². The van der Waals surface area contributed by atoms with Crippen LogP contribution < -0.4 is 11.2 Å². The molecule has 12 heavy (non-hydrogen) atoms. The van der Waals surface area contributed by atoms with Crippen LogP contribution in [0.15, 0.2) is 21.7 Å². The summed E-state index contributed by atoms with van der Waals surface area (Å²) >= 11 is 4.54. The van der Waals surface area contributed by atoms with Crippen LogP contribution in [0.1, 0.15) is 11.5 Å². The average Bonchev–Trinajstić information content (AvgIpc) is 2.35. The molecule has 1 aromatic rings. The first-order valence-electron chi connectivity index (χ1n) is 3.33. The molecule has 4 nitrogen and oxygen atoms in total. The smallest absolute Gasteiger partial charge is 0.184 e. The van der Waals surface area contributed by atoms with E-state index in [-0.39, 0.29) is 5.11 Å². The Morgan fingerprint density at radius 1 is 1.75 bits per heavy atom. The van der Waals surface area contributed by atoms with Crippen molar-refractivity contribution in [2.24, 2.45) is 10.8 Å². The molecule has 0 bridgehead atoms. The molecule has 0 spiro atoms. The van der Waals surface area contributed by atoms with Gasteiger partial charge in [0.15, 0.2) is 5.11 Å². The Bertz CT molecular complexity index is 305. The number of nitrogens with zero attached hydrogens (tertiary/aromatic N) is 1. The van der Waals surface area contributed by atoms with Crippen LogP contribution in [0.5, 0.6) is 0 Å². The minimum absolute atomic E-state index is 0.134. The quantitative estimate of drug-likeness (QED) is 0.403. The van der Waals surface area contributed by atoms with E-state index >= 15 is 0 Å². The first-order chi connectivity index (χ1) is 5.68. The van der Waals surface area contributed by atoms with Crippen molar-refractivity contribution in [2.75, 3.05) is 0 Å². The fourth-order valence-electron chi connectivity index (χ4n) is 0.682. The van der Waals surface area contributed by atoms with Crippen LogP contribution in [0.25, 0.3) is 0 Å². The Hall–Kier alpha value is -1.36. The molecule has 0 amide bonds. The zero-order valence-electron chi connectivity index (χ0n) is 6.57. The first kappa shape index (κ1) is 8.73. The van der Waals surface area contributed by atoms with Crippen LogP contribution in [-0.4, -0.2) is 11.3 Å². The number of hydrogen-bond donors (Lipinski definition) is 2. The highest BCUT2D eigenvalue weighted by Gasteiger charge is 1.92. The van der Waals surface area contributed by atoms with Gasteiger partial charge in [-0.25, -0.2) is 0 Å². The van der Waals surface area contributed by atoms with E-state index in [2.05, 4.69) is 22.7 Å². The second-order valence-electron chi connectivity index (χ2n) is 2.18. The minimum Gasteiger partial charge on any atom is -0.460 e. The normalized spacial score (nSPS) is 10.4. The third kappa shape index (κ3) is 2.71. The van der Waals surface area contributed by atoms with Crippen LogP contribution in [0.3, 0.4) is 0 Å². The van der Waals surface area contributed by atoms with Gasteiger partial charge in [0.05, 0.1) is 6.21 Å². The SMILES string of the molecule is Cc1ccc(C=NNC(N)=S)o1. The van der Waals surface area contributed by atoms with E-state index in [4.69, 9.17) is 10.2 Å². The van der Waals surface area contributed by atoms with E-state index in [9.17, 15) is 0 Å². The van der Waals surface area contributed by atoms with Gasteiger partial charge in [-0.3, -0.25) is 5.43 Å². The summed E-state index contributed by atoms with van der Waals surface area (Å²) in [7, 11) is 0. The lowest BCUT2D eigenvalue weighted by molar-refractivity contribution is 0.527. The summed E-state index contributed by atoms with van der Waals surface area (Å²) in [5.74, 6) is 1.50. The number of thiocarbonyl (C=S) groups is 1. The van der Waals surface area contributed by atoms with Gasteiger partial charge in [0.25, 0.3) is 0 Å². The number of furan rings is 1. The molecule has 3 N–H and O–H groups in total. The monoisotopic (exact) mass is 183 g/mol.